The Morgan fingerprint density at radius 3 is 2.48 bits per heavy atom. The van der Waals surface area contributed by atoms with Crippen LogP contribution in [0.4, 0.5) is 0 Å². The molecule has 0 aliphatic heterocycles. The van der Waals surface area contributed by atoms with E-state index < -0.39 is 0 Å². The van der Waals surface area contributed by atoms with Crippen molar-refractivity contribution < 1.29 is 4.79 Å². The number of aryl methyl sites for hydroxylation is 1. The van der Waals surface area contributed by atoms with Crippen molar-refractivity contribution in [3.63, 3.8) is 0 Å². The summed E-state index contributed by atoms with van der Waals surface area (Å²) in [6.07, 6.45) is 0. The minimum Gasteiger partial charge on any atom is -0.335 e. The molecule has 3 rings (SSSR count). The Morgan fingerprint density at radius 2 is 1.81 bits per heavy atom. The Labute approximate surface area is 164 Å². The van der Waals surface area contributed by atoms with Crippen molar-refractivity contribution in [2.45, 2.75) is 38.5 Å². The summed E-state index contributed by atoms with van der Waals surface area (Å²) in [7, 11) is 0. The summed E-state index contributed by atoms with van der Waals surface area (Å²) in [6.45, 7) is 6.73. The van der Waals surface area contributed by atoms with Crippen molar-refractivity contribution in [1.29, 1.82) is 0 Å². The molecule has 0 aliphatic carbocycles. The van der Waals surface area contributed by atoms with Gasteiger partial charge in [0.1, 0.15) is 0 Å². The summed E-state index contributed by atoms with van der Waals surface area (Å²) in [4.78, 5) is 19.1. The van der Waals surface area contributed by atoms with E-state index in [4.69, 9.17) is 0 Å². The van der Waals surface area contributed by atoms with E-state index >= 15 is 0 Å². The molecule has 0 spiro atoms. The van der Waals surface area contributed by atoms with Crippen molar-refractivity contribution >= 4 is 17.7 Å². The normalized spacial score (nSPS) is 11.0. The second kappa shape index (κ2) is 8.86. The first-order chi connectivity index (χ1) is 13.0. The highest BCUT2D eigenvalue weighted by Gasteiger charge is 2.18. The summed E-state index contributed by atoms with van der Waals surface area (Å²) in [5, 5.41) is 7.77. The number of carbonyl (C=O) groups excluding carboxylic acids is 1. The zero-order valence-corrected chi connectivity index (χ0v) is 16.7. The molecule has 3 aromatic rings. The molecular weight excluding hydrogens is 356 g/mol. The number of nitrogens with one attached hydrogen (secondary N) is 1. The van der Waals surface area contributed by atoms with Crippen LogP contribution in [0.15, 0.2) is 59.8 Å². The van der Waals surface area contributed by atoms with Crippen LogP contribution in [0.1, 0.15) is 25.0 Å². The molecule has 6 heteroatoms. The molecule has 1 N–H and O–H groups in total. The highest BCUT2D eigenvalue weighted by atomic mass is 32.2. The van der Waals surface area contributed by atoms with Gasteiger partial charge in [-0.05, 0) is 26.3 Å². The van der Waals surface area contributed by atoms with E-state index in [0.29, 0.717) is 17.5 Å². The van der Waals surface area contributed by atoms with Crippen LogP contribution in [0, 0.1) is 6.92 Å². The van der Waals surface area contributed by atoms with Crippen molar-refractivity contribution in [1.82, 2.24) is 20.1 Å². The lowest BCUT2D eigenvalue weighted by molar-refractivity contribution is -0.130. The Morgan fingerprint density at radius 1 is 1.11 bits per heavy atom. The minimum absolute atomic E-state index is 0.0838. The number of benzene rings is 2. The van der Waals surface area contributed by atoms with Crippen LogP contribution in [-0.2, 0) is 11.3 Å². The fourth-order valence-corrected chi connectivity index (χ4v) is 3.38. The second-order valence-corrected chi connectivity index (χ2v) is 7.66. The first-order valence-electron chi connectivity index (χ1n) is 8.98. The maximum Gasteiger partial charge on any atom is 0.233 e. The van der Waals surface area contributed by atoms with Gasteiger partial charge in [0.25, 0.3) is 0 Å². The molecule has 140 valence electrons. The molecular formula is C21H24N4OS. The topological polar surface area (TPSA) is 61.9 Å². The number of thioether (sulfide) groups is 1. The van der Waals surface area contributed by atoms with Gasteiger partial charge in [0.05, 0.1) is 5.75 Å². The Kier molecular flexibility index (Phi) is 6.29. The third-order valence-corrected chi connectivity index (χ3v) is 5.09. The smallest absolute Gasteiger partial charge is 0.233 e. The fraction of sp³-hybridized carbons (Fsp3) is 0.286. The summed E-state index contributed by atoms with van der Waals surface area (Å²) in [5.41, 5.74) is 3.31. The highest BCUT2D eigenvalue weighted by Crippen LogP contribution is 2.20. The predicted molar refractivity (Wildman–Crippen MR) is 109 cm³/mol. The molecule has 0 aliphatic rings. The van der Waals surface area contributed by atoms with E-state index in [2.05, 4.69) is 15.2 Å². The number of carbonyl (C=O) groups is 1. The second-order valence-electron chi connectivity index (χ2n) is 6.72. The standard InChI is InChI=1S/C21H24N4OS/c1-15(2)25(13-17-7-5-4-6-8-17)19(26)14-27-21-22-20(23-24-21)18-11-9-16(3)10-12-18/h4-12,15H,13-14H2,1-3H3,(H,22,23,24). The van der Waals surface area contributed by atoms with E-state index in [-0.39, 0.29) is 11.9 Å². The van der Waals surface area contributed by atoms with Gasteiger partial charge in [-0.15, -0.1) is 5.10 Å². The van der Waals surface area contributed by atoms with Gasteiger partial charge in [-0.2, -0.15) is 0 Å². The summed E-state index contributed by atoms with van der Waals surface area (Å²) >= 11 is 1.36. The molecule has 0 radical (unpaired) electrons. The van der Waals surface area contributed by atoms with Crippen LogP contribution in [0.3, 0.4) is 0 Å². The van der Waals surface area contributed by atoms with Crippen LogP contribution in [-0.4, -0.2) is 37.8 Å². The number of rotatable bonds is 7. The number of amides is 1. The van der Waals surface area contributed by atoms with Gasteiger partial charge >= 0.3 is 0 Å². The predicted octanol–water partition coefficient (Wildman–Crippen LogP) is 4.31. The largest absolute Gasteiger partial charge is 0.335 e. The first-order valence-corrected chi connectivity index (χ1v) is 9.97. The molecule has 1 heterocycles. The average Bonchev–Trinajstić information content (AvgIpc) is 3.14. The Balaban J connectivity index is 1.61. The summed E-state index contributed by atoms with van der Waals surface area (Å²) in [5.74, 6) is 1.12. The van der Waals surface area contributed by atoms with Crippen LogP contribution >= 0.6 is 11.8 Å². The van der Waals surface area contributed by atoms with Crippen LogP contribution < -0.4 is 0 Å². The molecule has 1 aromatic heterocycles. The van der Waals surface area contributed by atoms with Crippen molar-refractivity contribution in [3.05, 3.63) is 65.7 Å². The van der Waals surface area contributed by atoms with Crippen molar-refractivity contribution in [2.24, 2.45) is 0 Å². The van der Waals surface area contributed by atoms with Gasteiger partial charge in [-0.3, -0.25) is 9.89 Å². The van der Waals surface area contributed by atoms with Crippen LogP contribution in [0.25, 0.3) is 11.4 Å². The zero-order chi connectivity index (χ0) is 19.2. The SMILES string of the molecule is Cc1ccc(-c2nc(SCC(=O)N(Cc3ccccc3)C(C)C)n[nH]2)cc1. The molecule has 0 unspecified atom stereocenters. The molecule has 0 saturated heterocycles. The highest BCUT2D eigenvalue weighted by molar-refractivity contribution is 7.99. The lowest BCUT2D eigenvalue weighted by atomic mass is 10.1. The van der Waals surface area contributed by atoms with Crippen molar-refractivity contribution in [2.75, 3.05) is 5.75 Å². The third-order valence-electron chi connectivity index (χ3n) is 4.25. The van der Waals surface area contributed by atoms with E-state index in [0.717, 1.165) is 17.0 Å². The number of aromatic nitrogens is 3. The van der Waals surface area contributed by atoms with Gasteiger partial charge in [-0.1, -0.05) is 71.9 Å². The maximum atomic E-state index is 12.7. The average molecular weight is 381 g/mol. The lowest BCUT2D eigenvalue weighted by Gasteiger charge is -2.26. The summed E-state index contributed by atoms with van der Waals surface area (Å²) < 4.78 is 0. The Hall–Kier alpha value is -2.60. The van der Waals surface area contributed by atoms with Gasteiger partial charge in [0, 0.05) is 18.2 Å². The monoisotopic (exact) mass is 380 g/mol. The quantitative estimate of drug-likeness (QED) is 0.621. The number of H-pyrrole nitrogens is 1. The third kappa shape index (κ3) is 5.20. The maximum absolute atomic E-state index is 12.7. The lowest BCUT2D eigenvalue weighted by Crippen LogP contribution is -2.37. The molecule has 1 amide bonds. The molecule has 2 aromatic carbocycles. The molecule has 5 nitrogen and oxygen atoms in total. The van der Waals surface area contributed by atoms with Gasteiger partial charge in [0.2, 0.25) is 11.1 Å². The fourth-order valence-electron chi connectivity index (χ4n) is 2.70. The molecule has 0 saturated carbocycles. The number of nitrogens with zero attached hydrogens (tertiary/aromatic N) is 3. The molecule has 0 bridgehead atoms. The first kappa shape index (κ1) is 19.2. The minimum atomic E-state index is 0.0838. The van der Waals surface area contributed by atoms with E-state index in [1.165, 1.54) is 17.3 Å². The molecule has 0 fully saturated rings. The number of aromatic amines is 1. The van der Waals surface area contributed by atoms with E-state index in [1.807, 2.05) is 80.3 Å². The Bertz CT molecular complexity index is 875. The van der Waals surface area contributed by atoms with Gasteiger partial charge in [0.15, 0.2) is 5.82 Å². The van der Waals surface area contributed by atoms with E-state index in [1.54, 1.807) is 0 Å². The van der Waals surface area contributed by atoms with E-state index in [9.17, 15) is 4.79 Å². The summed E-state index contributed by atoms with van der Waals surface area (Å²) in [6, 6.07) is 18.3. The van der Waals surface area contributed by atoms with Crippen LogP contribution in [0.5, 0.6) is 0 Å². The van der Waals surface area contributed by atoms with Gasteiger partial charge in [-0.25, -0.2) is 4.98 Å². The van der Waals surface area contributed by atoms with Crippen LogP contribution in [0.2, 0.25) is 0 Å². The zero-order valence-electron chi connectivity index (χ0n) is 15.8. The number of hydrogen-bond acceptors (Lipinski definition) is 4. The van der Waals surface area contributed by atoms with Gasteiger partial charge < -0.3 is 4.90 Å². The number of hydrogen-bond donors (Lipinski definition) is 1. The molecule has 0 atom stereocenters. The molecule has 27 heavy (non-hydrogen) atoms. The van der Waals surface area contributed by atoms with Crippen molar-refractivity contribution in [3.8, 4) is 11.4 Å².